The van der Waals surface area contributed by atoms with Crippen molar-refractivity contribution in [2.75, 3.05) is 23.9 Å². The Balaban J connectivity index is 1.43. The lowest BCUT2D eigenvalue weighted by Gasteiger charge is -2.15. The molecule has 0 unspecified atom stereocenters. The first kappa shape index (κ1) is 26.5. The predicted molar refractivity (Wildman–Crippen MR) is 165 cm³/mol. The van der Waals surface area contributed by atoms with Gasteiger partial charge in [0.25, 0.3) is 0 Å². The number of aliphatic carboxylic acids is 1. The van der Waals surface area contributed by atoms with Crippen molar-refractivity contribution in [2.24, 2.45) is 0 Å². The SMILES string of the molecule is CN1/C(=C/c2cc(/C=C3/Sc4ccccc4N3C)[n+](CCCCCC(=O)[O-])c3ccccc23)Sc2ccccc21. The molecule has 0 fully saturated rings. The van der Waals surface area contributed by atoms with E-state index in [4.69, 9.17) is 0 Å². The molecule has 1 aromatic heterocycles. The Bertz CT molecular complexity index is 1660. The van der Waals surface area contributed by atoms with Crippen LogP contribution in [0.2, 0.25) is 0 Å². The zero-order valence-electron chi connectivity index (χ0n) is 22.7. The molecule has 0 bridgehead atoms. The minimum atomic E-state index is -0.973. The summed E-state index contributed by atoms with van der Waals surface area (Å²) in [5.74, 6) is -0.973. The monoisotopic (exact) mass is 565 g/mol. The van der Waals surface area contributed by atoms with Gasteiger partial charge in [0.1, 0.15) is 6.54 Å². The van der Waals surface area contributed by atoms with Gasteiger partial charge in [-0.25, -0.2) is 0 Å². The van der Waals surface area contributed by atoms with Crippen LogP contribution >= 0.6 is 23.5 Å². The van der Waals surface area contributed by atoms with Crippen LogP contribution < -0.4 is 19.5 Å². The number of anilines is 2. The number of aromatic nitrogens is 1. The highest BCUT2D eigenvalue weighted by atomic mass is 32.2. The first-order valence-corrected chi connectivity index (χ1v) is 15.2. The third kappa shape index (κ3) is 5.23. The minimum absolute atomic E-state index is 0.113. The molecule has 3 aromatic carbocycles. The molecule has 0 atom stereocenters. The highest BCUT2D eigenvalue weighted by Gasteiger charge is 2.26. The Kier molecular flexibility index (Phi) is 7.59. The molecule has 0 spiro atoms. The smallest absolute Gasteiger partial charge is 0.213 e. The average molecular weight is 566 g/mol. The van der Waals surface area contributed by atoms with Crippen LogP contribution in [-0.4, -0.2) is 20.1 Å². The van der Waals surface area contributed by atoms with E-state index < -0.39 is 5.97 Å². The van der Waals surface area contributed by atoms with E-state index in [0.717, 1.165) is 25.1 Å². The first-order chi connectivity index (χ1) is 19.5. The van der Waals surface area contributed by atoms with Crippen LogP contribution in [0, 0.1) is 0 Å². The second-order valence-electron chi connectivity index (χ2n) is 10.1. The van der Waals surface area contributed by atoms with Crippen LogP contribution in [0.15, 0.2) is 98.7 Å². The van der Waals surface area contributed by atoms with Gasteiger partial charge >= 0.3 is 0 Å². The summed E-state index contributed by atoms with van der Waals surface area (Å²) in [6.07, 6.45) is 7.09. The van der Waals surface area contributed by atoms with E-state index in [1.807, 2.05) is 0 Å². The number of fused-ring (bicyclic) bond motifs is 3. The molecule has 0 amide bonds. The number of thioether (sulfide) groups is 2. The van der Waals surface area contributed by atoms with Crippen LogP contribution in [0.25, 0.3) is 23.1 Å². The van der Waals surface area contributed by atoms with E-state index in [1.165, 1.54) is 47.7 Å². The van der Waals surface area contributed by atoms with Crippen LogP contribution in [0.5, 0.6) is 0 Å². The van der Waals surface area contributed by atoms with Crippen molar-refractivity contribution < 1.29 is 14.5 Å². The van der Waals surface area contributed by atoms with E-state index >= 15 is 0 Å². The molecule has 0 radical (unpaired) electrons. The summed E-state index contributed by atoms with van der Waals surface area (Å²) in [5.41, 5.74) is 5.94. The quantitative estimate of drug-likeness (QED) is 0.179. The van der Waals surface area contributed by atoms with Gasteiger partial charge in [0.05, 0.1) is 26.8 Å². The summed E-state index contributed by atoms with van der Waals surface area (Å²) in [6, 6.07) is 27.9. The summed E-state index contributed by atoms with van der Waals surface area (Å²) in [6.45, 7) is 0.810. The summed E-state index contributed by atoms with van der Waals surface area (Å²) in [4.78, 5) is 18.0. The summed E-state index contributed by atoms with van der Waals surface area (Å²) >= 11 is 3.60. The first-order valence-electron chi connectivity index (χ1n) is 13.6. The van der Waals surface area contributed by atoms with E-state index in [-0.39, 0.29) is 6.42 Å². The Hall–Kier alpha value is -3.68. The maximum Gasteiger partial charge on any atom is 0.213 e. The van der Waals surface area contributed by atoms with Crippen molar-refractivity contribution in [1.82, 2.24) is 0 Å². The predicted octanol–water partition coefficient (Wildman–Crippen LogP) is 6.52. The van der Waals surface area contributed by atoms with Crippen molar-refractivity contribution in [1.29, 1.82) is 0 Å². The fourth-order valence-electron chi connectivity index (χ4n) is 5.36. The molecule has 0 saturated carbocycles. The number of aryl methyl sites for hydroxylation is 1. The fraction of sp³-hybridized carbons (Fsp3) is 0.212. The van der Waals surface area contributed by atoms with Crippen molar-refractivity contribution in [2.45, 2.75) is 42.0 Å². The number of unbranched alkanes of at least 4 members (excludes halogenated alkanes) is 2. The van der Waals surface area contributed by atoms with Gasteiger partial charge in [0, 0.05) is 54.5 Å². The standard InChI is InChI=1S/C33H31N3O2S2/c1-34-27-14-7-9-16-29(27)39-31(34)21-23-20-24(22-32-35(2)28-15-8-10-17-30(28)40-32)36(19-11-3-4-18-33(37)38)26-13-6-5-12-25(23)26/h5-10,12-17,20-22H,3-4,11,18-19H2,1-2H3. The Morgan fingerprint density at radius 3 is 2.05 bits per heavy atom. The molecule has 0 aliphatic carbocycles. The topological polar surface area (TPSA) is 50.5 Å². The Morgan fingerprint density at radius 2 is 1.40 bits per heavy atom. The maximum atomic E-state index is 10.9. The van der Waals surface area contributed by atoms with Gasteiger partial charge in [-0.1, -0.05) is 59.9 Å². The number of rotatable bonds is 8. The van der Waals surface area contributed by atoms with Gasteiger partial charge in [-0.15, -0.1) is 0 Å². The molecule has 4 aromatic rings. The summed E-state index contributed by atoms with van der Waals surface area (Å²) < 4.78 is 2.39. The van der Waals surface area contributed by atoms with Gasteiger partial charge in [-0.05, 0) is 61.2 Å². The second kappa shape index (κ2) is 11.4. The number of nitrogens with zero attached hydrogens (tertiary/aromatic N) is 3. The number of hydrogen-bond acceptors (Lipinski definition) is 6. The highest BCUT2D eigenvalue weighted by Crippen LogP contribution is 2.47. The van der Waals surface area contributed by atoms with Gasteiger partial charge in [-0.3, -0.25) is 0 Å². The highest BCUT2D eigenvalue weighted by molar-refractivity contribution is 8.04. The van der Waals surface area contributed by atoms with Crippen LogP contribution in [-0.2, 0) is 11.3 Å². The summed E-state index contributed by atoms with van der Waals surface area (Å²) in [7, 11) is 4.26. The number of carboxylic acids is 1. The van der Waals surface area contributed by atoms with Gasteiger partial charge in [0.15, 0.2) is 0 Å². The largest absolute Gasteiger partial charge is 0.550 e. The number of carboxylic acid groups (broad SMARTS) is 1. The number of hydrogen-bond donors (Lipinski definition) is 0. The lowest BCUT2D eigenvalue weighted by atomic mass is 10.1. The van der Waals surface area contributed by atoms with Crippen LogP contribution in [0.4, 0.5) is 11.4 Å². The number of carbonyl (C=O) groups excluding carboxylic acids is 1. The Labute approximate surface area is 243 Å². The van der Waals surface area contributed by atoms with Crippen molar-refractivity contribution in [3.8, 4) is 0 Å². The van der Waals surface area contributed by atoms with Crippen molar-refractivity contribution >= 4 is 63.9 Å². The lowest BCUT2D eigenvalue weighted by Crippen LogP contribution is -2.38. The van der Waals surface area contributed by atoms with Crippen molar-refractivity contribution in [3.63, 3.8) is 0 Å². The molecule has 5 nitrogen and oxygen atoms in total. The maximum absolute atomic E-state index is 10.9. The van der Waals surface area contributed by atoms with Gasteiger partial charge in [0.2, 0.25) is 11.2 Å². The molecular formula is C33H31N3O2S2. The van der Waals surface area contributed by atoms with Gasteiger partial charge < -0.3 is 19.7 Å². The van der Waals surface area contributed by atoms with E-state index in [9.17, 15) is 9.90 Å². The lowest BCUT2D eigenvalue weighted by molar-refractivity contribution is -0.673. The van der Waals surface area contributed by atoms with Crippen LogP contribution in [0.3, 0.4) is 0 Å². The third-order valence-electron chi connectivity index (χ3n) is 7.48. The minimum Gasteiger partial charge on any atom is -0.550 e. The molecular weight excluding hydrogens is 535 g/mol. The molecule has 2 aliphatic rings. The van der Waals surface area contributed by atoms with E-state index in [1.54, 1.807) is 23.5 Å². The van der Waals surface area contributed by atoms with Gasteiger partial charge in [-0.2, -0.15) is 4.57 Å². The molecule has 2 aliphatic heterocycles. The average Bonchev–Trinajstić information content (AvgIpc) is 3.45. The second-order valence-corrected chi connectivity index (χ2v) is 12.2. The zero-order valence-corrected chi connectivity index (χ0v) is 24.3. The molecule has 0 N–H and O–H groups in total. The number of pyridine rings is 1. The number of carbonyl (C=O) groups is 1. The summed E-state index contributed by atoms with van der Waals surface area (Å²) in [5, 5.41) is 14.5. The molecule has 3 heterocycles. The normalized spacial score (nSPS) is 16.2. The molecule has 40 heavy (non-hydrogen) atoms. The number of para-hydroxylation sites is 3. The zero-order chi connectivity index (χ0) is 27.6. The fourth-order valence-corrected chi connectivity index (χ4v) is 7.56. The molecule has 7 heteroatoms. The van der Waals surface area contributed by atoms with Crippen LogP contribution in [0.1, 0.15) is 36.9 Å². The molecule has 0 saturated heterocycles. The van der Waals surface area contributed by atoms with E-state index in [0.29, 0.717) is 6.42 Å². The third-order valence-corrected chi connectivity index (χ3v) is 9.81. The number of benzene rings is 3. The van der Waals surface area contributed by atoms with Crippen molar-refractivity contribution in [3.05, 3.63) is 100 Å². The van der Waals surface area contributed by atoms with E-state index in [2.05, 4.69) is 119 Å². The molecule has 202 valence electrons. The molecule has 6 rings (SSSR count). The Morgan fingerprint density at radius 1 is 0.800 bits per heavy atom.